The highest BCUT2D eigenvalue weighted by Crippen LogP contribution is 2.12. The monoisotopic (exact) mass is 300 g/mol. The summed E-state index contributed by atoms with van der Waals surface area (Å²) in [7, 11) is 3.74. The summed E-state index contributed by atoms with van der Waals surface area (Å²) < 4.78 is 7.12. The maximum Gasteiger partial charge on any atom is 0.147 e. The quantitative estimate of drug-likeness (QED) is 0.715. The fourth-order valence-electron chi connectivity index (χ4n) is 2.41. The van der Waals surface area contributed by atoms with Crippen LogP contribution < -0.4 is 0 Å². The van der Waals surface area contributed by atoms with Crippen LogP contribution in [0.15, 0.2) is 30.7 Å². The highest BCUT2D eigenvalue weighted by atomic mass is 16.5. The molecule has 0 radical (unpaired) electrons. The molecule has 7 nitrogen and oxygen atoms in total. The van der Waals surface area contributed by atoms with Crippen LogP contribution in [0, 0.1) is 0 Å². The van der Waals surface area contributed by atoms with Gasteiger partial charge in [-0.05, 0) is 25.2 Å². The van der Waals surface area contributed by atoms with Crippen LogP contribution >= 0.6 is 0 Å². The van der Waals surface area contributed by atoms with Crippen LogP contribution in [0.1, 0.15) is 11.5 Å². The van der Waals surface area contributed by atoms with Crippen molar-refractivity contribution in [2.24, 2.45) is 0 Å². The van der Waals surface area contributed by atoms with Gasteiger partial charge >= 0.3 is 0 Å². The van der Waals surface area contributed by atoms with Crippen molar-refractivity contribution in [3.8, 4) is 0 Å². The maximum atomic E-state index is 5.10. The second-order valence-corrected chi connectivity index (χ2v) is 5.32. The molecule has 3 rings (SSSR count). The summed E-state index contributed by atoms with van der Waals surface area (Å²) in [6.45, 7) is 2.89. The summed E-state index contributed by atoms with van der Waals surface area (Å²) in [4.78, 5) is 9.93. The predicted molar refractivity (Wildman–Crippen MR) is 83.2 cm³/mol. The molecule has 0 fully saturated rings. The fraction of sp³-hybridized carbons (Fsp3) is 0.400. The maximum absolute atomic E-state index is 5.10. The van der Waals surface area contributed by atoms with Gasteiger partial charge in [0.2, 0.25) is 0 Å². The number of methoxy groups -OCH3 is 1. The number of pyridine rings is 1. The van der Waals surface area contributed by atoms with E-state index in [4.69, 9.17) is 4.74 Å². The molecule has 0 spiro atoms. The Morgan fingerprint density at radius 1 is 1.27 bits per heavy atom. The Labute approximate surface area is 128 Å². The minimum atomic E-state index is 0.653. The third kappa shape index (κ3) is 3.32. The molecule has 0 aliphatic rings. The molecule has 0 amide bonds. The van der Waals surface area contributed by atoms with E-state index in [9.17, 15) is 0 Å². The fourth-order valence-corrected chi connectivity index (χ4v) is 2.41. The molecule has 1 N–H and O–H groups in total. The van der Waals surface area contributed by atoms with Gasteiger partial charge in [-0.3, -0.25) is 4.90 Å². The van der Waals surface area contributed by atoms with Crippen molar-refractivity contribution in [1.29, 1.82) is 0 Å². The Bertz CT molecular complexity index is 734. The number of aromatic nitrogens is 5. The molecule has 0 saturated carbocycles. The Balaban J connectivity index is 1.64. The predicted octanol–water partition coefficient (Wildman–Crippen LogP) is 1.43. The minimum absolute atomic E-state index is 0.653. The van der Waals surface area contributed by atoms with Crippen LogP contribution in [0.4, 0.5) is 0 Å². The average molecular weight is 300 g/mol. The normalized spacial score (nSPS) is 11.6. The van der Waals surface area contributed by atoms with Gasteiger partial charge in [0.15, 0.2) is 0 Å². The van der Waals surface area contributed by atoms with Crippen LogP contribution in [0.2, 0.25) is 0 Å². The Hall–Kier alpha value is -2.25. The highest BCUT2D eigenvalue weighted by molar-refractivity contribution is 5.75. The number of nitrogens with zero attached hydrogens (tertiary/aromatic N) is 5. The molecule has 0 aliphatic carbocycles. The van der Waals surface area contributed by atoms with Crippen LogP contribution in [0.5, 0.6) is 0 Å². The van der Waals surface area contributed by atoms with Gasteiger partial charge < -0.3 is 14.3 Å². The van der Waals surface area contributed by atoms with Gasteiger partial charge in [0.1, 0.15) is 17.8 Å². The Morgan fingerprint density at radius 2 is 2.18 bits per heavy atom. The van der Waals surface area contributed by atoms with Crippen molar-refractivity contribution in [2.75, 3.05) is 20.8 Å². The van der Waals surface area contributed by atoms with E-state index in [1.54, 1.807) is 13.4 Å². The standard InChI is InChI=1S/C15H20N6O/c1-20(10-14-19-17-11-21(14)7-8-22-2)9-13-4-3-12-5-6-16-15(12)18-13/h3-6,11H,7-10H2,1-2H3,(H,16,18). The molecular formula is C15H20N6O. The van der Waals surface area contributed by atoms with Gasteiger partial charge in [-0.15, -0.1) is 10.2 Å². The van der Waals surface area contributed by atoms with Crippen molar-refractivity contribution in [3.63, 3.8) is 0 Å². The van der Waals surface area contributed by atoms with Crippen LogP contribution in [-0.4, -0.2) is 50.4 Å². The molecule has 0 aromatic carbocycles. The first-order valence-corrected chi connectivity index (χ1v) is 7.23. The molecule has 0 saturated heterocycles. The van der Waals surface area contributed by atoms with Gasteiger partial charge in [-0.1, -0.05) is 0 Å². The van der Waals surface area contributed by atoms with Gasteiger partial charge in [0.25, 0.3) is 0 Å². The van der Waals surface area contributed by atoms with Crippen molar-refractivity contribution < 1.29 is 4.74 Å². The van der Waals surface area contributed by atoms with E-state index in [0.29, 0.717) is 13.2 Å². The first kappa shape index (κ1) is 14.7. The molecule has 116 valence electrons. The lowest BCUT2D eigenvalue weighted by Gasteiger charge is -2.16. The van der Waals surface area contributed by atoms with Gasteiger partial charge in [0.05, 0.1) is 18.8 Å². The lowest BCUT2D eigenvalue weighted by atomic mass is 10.3. The van der Waals surface area contributed by atoms with E-state index in [2.05, 4.69) is 44.2 Å². The SMILES string of the molecule is COCCn1cnnc1CN(C)Cc1ccc2cc[nH]c2n1. The largest absolute Gasteiger partial charge is 0.383 e. The number of nitrogens with one attached hydrogen (secondary N) is 1. The van der Waals surface area contributed by atoms with Crippen LogP contribution in [-0.2, 0) is 24.4 Å². The number of hydrogen-bond donors (Lipinski definition) is 1. The van der Waals surface area contributed by atoms with Crippen molar-refractivity contribution in [2.45, 2.75) is 19.6 Å². The summed E-state index contributed by atoms with van der Waals surface area (Å²) in [6.07, 6.45) is 3.65. The molecule has 3 heterocycles. The number of H-pyrrole nitrogens is 1. The van der Waals surface area contributed by atoms with Gasteiger partial charge in [-0.2, -0.15) is 0 Å². The van der Waals surface area contributed by atoms with E-state index in [-0.39, 0.29) is 0 Å². The summed E-state index contributed by atoms with van der Waals surface area (Å²) in [5.74, 6) is 0.931. The molecule has 3 aromatic rings. The minimum Gasteiger partial charge on any atom is -0.383 e. The molecule has 7 heteroatoms. The van der Waals surface area contributed by atoms with Crippen molar-refractivity contribution in [3.05, 3.63) is 42.2 Å². The average Bonchev–Trinajstić information content (AvgIpc) is 3.13. The molecule has 3 aromatic heterocycles. The number of hydrogen-bond acceptors (Lipinski definition) is 5. The molecule has 0 aliphatic heterocycles. The van der Waals surface area contributed by atoms with Crippen LogP contribution in [0.25, 0.3) is 11.0 Å². The van der Waals surface area contributed by atoms with Crippen LogP contribution in [0.3, 0.4) is 0 Å². The number of aromatic amines is 1. The molecule has 0 atom stereocenters. The van der Waals surface area contributed by atoms with E-state index in [0.717, 1.165) is 35.6 Å². The topological polar surface area (TPSA) is 71.9 Å². The molecule has 0 bridgehead atoms. The second-order valence-electron chi connectivity index (χ2n) is 5.32. The second kappa shape index (κ2) is 6.67. The first-order chi connectivity index (χ1) is 10.8. The van der Waals surface area contributed by atoms with E-state index in [1.165, 1.54) is 0 Å². The van der Waals surface area contributed by atoms with E-state index < -0.39 is 0 Å². The van der Waals surface area contributed by atoms with E-state index >= 15 is 0 Å². The number of ether oxygens (including phenoxy) is 1. The summed E-state index contributed by atoms with van der Waals surface area (Å²) >= 11 is 0. The lowest BCUT2D eigenvalue weighted by molar-refractivity contribution is 0.184. The molecule has 0 unspecified atom stereocenters. The smallest absolute Gasteiger partial charge is 0.147 e. The zero-order chi connectivity index (χ0) is 15.4. The third-order valence-electron chi connectivity index (χ3n) is 3.54. The summed E-state index contributed by atoms with van der Waals surface area (Å²) in [5.41, 5.74) is 1.95. The highest BCUT2D eigenvalue weighted by Gasteiger charge is 2.09. The van der Waals surface area contributed by atoms with Gasteiger partial charge in [0, 0.05) is 31.8 Å². The summed E-state index contributed by atoms with van der Waals surface area (Å²) in [6, 6.07) is 6.17. The zero-order valence-corrected chi connectivity index (χ0v) is 12.9. The number of rotatable bonds is 7. The van der Waals surface area contributed by atoms with Crippen molar-refractivity contribution in [1.82, 2.24) is 29.6 Å². The number of fused-ring (bicyclic) bond motifs is 1. The van der Waals surface area contributed by atoms with Gasteiger partial charge in [-0.25, -0.2) is 4.98 Å². The summed E-state index contributed by atoms with van der Waals surface area (Å²) in [5, 5.41) is 9.29. The lowest BCUT2D eigenvalue weighted by Crippen LogP contribution is -2.21. The van der Waals surface area contributed by atoms with E-state index in [1.807, 2.05) is 16.8 Å². The Morgan fingerprint density at radius 3 is 3.05 bits per heavy atom. The first-order valence-electron chi connectivity index (χ1n) is 7.23. The molecule has 22 heavy (non-hydrogen) atoms. The third-order valence-corrected chi connectivity index (χ3v) is 3.54. The zero-order valence-electron chi connectivity index (χ0n) is 12.9. The Kier molecular flexibility index (Phi) is 4.45. The molecular weight excluding hydrogens is 280 g/mol. The van der Waals surface area contributed by atoms with Crippen molar-refractivity contribution >= 4 is 11.0 Å².